The van der Waals surface area contributed by atoms with Crippen LogP contribution in [0.5, 0.6) is 0 Å². The maximum atomic E-state index is 11.6. The number of nitrogen functional groups attached to an aromatic ring is 1. The highest BCUT2D eigenvalue weighted by Gasteiger charge is 2.53. The maximum absolute atomic E-state index is 11.6. The van der Waals surface area contributed by atoms with Crippen molar-refractivity contribution in [2.75, 3.05) is 12.3 Å². The van der Waals surface area contributed by atoms with Gasteiger partial charge < -0.3 is 25.8 Å². The molecule has 1 saturated heterocycles. The number of nitrogens with zero attached hydrogens (tertiary/aromatic N) is 3. The maximum Gasteiger partial charge on any atom is 0.354 e. The average molecular weight is 258 g/mol. The van der Waals surface area contributed by atoms with Gasteiger partial charge in [0, 0.05) is 0 Å². The first kappa shape index (κ1) is 12.9. The highest BCUT2D eigenvalue weighted by atomic mass is 16.6. The highest BCUT2D eigenvalue weighted by molar-refractivity contribution is 5.10. The van der Waals surface area contributed by atoms with Gasteiger partial charge in [0.1, 0.15) is 24.1 Å². The molecule has 18 heavy (non-hydrogen) atoms. The molecule has 2 heterocycles. The predicted molar refractivity (Wildman–Crippen MR) is 58.3 cm³/mol. The van der Waals surface area contributed by atoms with Crippen LogP contribution in [-0.2, 0) is 4.74 Å². The van der Waals surface area contributed by atoms with Crippen LogP contribution in [0.3, 0.4) is 0 Å². The van der Waals surface area contributed by atoms with Gasteiger partial charge in [-0.05, 0) is 6.92 Å². The monoisotopic (exact) mass is 258 g/mol. The minimum Gasteiger partial charge on any atom is -0.394 e. The fourth-order valence-corrected chi connectivity index (χ4v) is 1.91. The van der Waals surface area contributed by atoms with E-state index in [0.717, 1.165) is 10.9 Å². The molecule has 1 aromatic heterocycles. The van der Waals surface area contributed by atoms with Crippen LogP contribution in [-0.4, -0.2) is 54.3 Å². The first-order valence-electron chi connectivity index (χ1n) is 5.25. The molecule has 9 nitrogen and oxygen atoms in total. The number of anilines is 1. The van der Waals surface area contributed by atoms with E-state index in [1.807, 2.05) is 0 Å². The third kappa shape index (κ3) is 1.86. The number of hydrogen-bond acceptors (Lipinski definition) is 8. The third-order valence-corrected chi connectivity index (χ3v) is 2.93. The first-order chi connectivity index (χ1) is 8.37. The summed E-state index contributed by atoms with van der Waals surface area (Å²) in [7, 11) is 0. The molecule has 0 spiro atoms. The van der Waals surface area contributed by atoms with E-state index in [1.54, 1.807) is 0 Å². The van der Waals surface area contributed by atoms with Crippen molar-refractivity contribution in [1.82, 2.24) is 14.5 Å². The Hall–Kier alpha value is -1.55. The van der Waals surface area contributed by atoms with Gasteiger partial charge in [0.25, 0.3) is 0 Å². The number of rotatable bonds is 2. The zero-order valence-corrected chi connectivity index (χ0v) is 9.59. The predicted octanol–water partition coefficient (Wildman–Crippen LogP) is -2.78. The lowest BCUT2D eigenvalue weighted by atomic mass is 9.97. The number of nitrogens with two attached hydrogens (primary N) is 1. The molecule has 1 aliphatic heterocycles. The molecule has 9 heteroatoms. The molecule has 0 aromatic carbocycles. The molecule has 100 valence electrons. The van der Waals surface area contributed by atoms with Crippen molar-refractivity contribution in [3.8, 4) is 0 Å². The van der Waals surface area contributed by atoms with Gasteiger partial charge in [-0.25, -0.2) is 9.78 Å². The normalized spacial score (nSPS) is 35.9. The molecular formula is C9H14N4O5. The van der Waals surface area contributed by atoms with Crippen molar-refractivity contribution in [2.24, 2.45) is 0 Å². The van der Waals surface area contributed by atoms with Gasteiger partial charge in [-0.2, -0.15) is 4.98 Å². The fourth-order valence-electron chi connectivity index (χ4n) is 1.91. The van der Waals surface area contributed by atoms with Gasteiger partial charge in [-0.15, -0.1) is 0 Å². The van der Waals surface area contributed by atoms with Crippen LogP contribution >= 0.6 is 0 Å². The summed E-state index contributed by atoms with van der Waals surface area (Å²) < 4.78 is 6.15. The summed E-state index contributed by atoms with van der Waals surface area (Å²) in [6.45, 7) is 0.805. The lowest BCUT2D eigenvalue weighted by molar-refractivity contribution is -0.0991. The van der Waals surface area contributed by atoms with Gasteiger partial charge in [0.05, 0.1) is 6.61 Å². The zero-order chi connectivity index (χ0) is 13.5. The zero-order valence-electron chi connectivity index (χ0n) is 9.59. The Labute approximate surface area is 101 Å². The molecule has 0 bridgehead atoms. The smallest absolute Gasteiger partial charge is 0.354 e. The van der Waals surface area contributed by atoms with E-state index in [4.69, 9.17) is 15.6 Å². The minimum absolute atomic E-state index is 0.201. The molecule has 5 N–H and O–H groups in total. The van der Waals surface area contributed by atoms with Crippen molar-refractivity contribution < 1.29 is 20.1 Å². The van der Waals surface area contributed by atoms with E-state index in [1.165, 1.54) is 6.92 Å². The molecule has 0 aliphatic carbocycles. The van der Waals surface area contributed by atoms with Crippen molar-refractivity contribution in [3.63, 3.8) is 0 Å². The Balaban J connectivity index is 2.42. The SMILES string of the molecule is C[C@]1(O)C(O)[C@@H](CO)O[C@H]1n1cnc(N)nc1=O. The summed E-state index contributed by atoms with van der Waals surface area (Å²) in [5.41, 5.74) is 2.73. The molecule has 4 atom stereocenters. The number of aromatic nitrogens is 3. The van der Waals surface area contributed by atoms with Crippen molar-refractivity contribution in [2.45, 2.75) is 31.0 Å². The first-order valence-corrected chi connectivity index (χ1v) is 5.25. The van der Waals surface area contributed by atoms with Gasteiger partial charge in [-0.1, -0.05) is 0 Å². The van der Waals surface area contributed by atoms with Crippen LogP contribution in [0.15, 0.2) is 11.1 Å². The summed E-state index contributed by atoms with van der Waals surface area (Å²) in [5, 5.41) is 28.9. The molecule has 0 amide bonds. The molecule has 1 fully saturated rings. The Bertz CT molecular complexity index is 502. The Morgan fingerprint density at radius 2 is 2.33 bits per heavy atom. The van der Waals surface area contributed by atoms with Crippen LogP contribution in [0.4, 0.5) is 5.95 Å². The van der Waals surface area contributed by atoms with E-state index >= 15 is 0 Å². The summed E-state index contributed by atoms with van der Waals surface area (Å²) in [5.74, 6) is -0.201. The molecule has 1 aromatic rings. The van der Waals surface area contributed by atoms with Crippen LogP contribution < -0.4 is 11.4 Å². The molecule has 0 saturated carbocycles. The molecule has 2 rings (SSSR count). The molecule has 1 aliphatic rings. The van der Waals surface area contributed by atoms with E-state index < -0.39 is 36.3 Å². The second kappa shape index (κ2) is 4.28. The average Bonchev–Trinajstić information content (AvgIpc) is 2.52. The van der Waals surface area contributed by atoms with Crippen LogP contribution in [0.1, 0.15) is 13.2 Å². The Morgan fingerprint density at radius 1 is 1.67 bits per heavy atom. The Kier molecular flexibility index (Phi) is 3.07. The van der Waals surface area contributed by atoms with Gasteiger partial charge in [-0.3, -0.25) is 4.57 Å². The topological polar surface area (TPSA) is 144 Å². The van der Waals surface area contributed by atoms with Gasteiger partial charge >= 0.3 is 5.69 Å². The number of aliphatic hydroxyl groups excluding tert-OH is 2. The van der Waals surface area contributed by atoms with E-state index in [9.17, 15) is 15.0 Å². The summed E-state index contributed by atoms with van der Waals surface area (Å²) >= 11 is 0. The number of ether oxygens (including phenoxy) is 1. The lowest BCUT2D eigenvalue weighted by Crippen LogP contribution is -2.46. The van der Waals surface area contributed by atoms with E-state index in [0.29, 0.717) is 0 Å². The summed E-state index contributed by atoms with van der Waals surface area (Å²) in [6.07, 6.45) is -2.46. The number of hydrogen-bond donors (Lipinski definition) is 4. The summed E-state index contributed by atoms with van der Waals surface area (Å²) in [4.78, 5) is 18.6. The standard InChI is InChI=1S/C9H14N4O5/c1-9(17)5(15)4(2-14)18-6(9)13-3-11-7(10)12-8(13)16/h3-6,14-15,17H,2H2,1H3,(H2,10,12,16)/t4-,5?,6-,9+/m1/s1. The van der Waals surface area contributed by atoms with Gasteiger partial charge in [0.2, 0.25) is 5.95 Å². The van der Waals surface area contributed by atoms with Crippen molar-refractivity contribution in [3.05, 3.63) is 16.8 Å². The van der Waals surface area contributed by atoms with Crippen molar-refractivity contribution >= 4 is 5.95 Å². The second-order valence-electron chi connectivity index (χ2n) is 4.28. The van der Waals surface area contributed by atoms with Crippen LogP contribution in [0, 0.1) is 0 Å². The van der Waals surface area contributed by atoms with Crippen LogP contribution in [0.25, 0.3) is 0 Å². The summed E-state index contributed by atoms with van der Waals surface area (Å²) in [6, 6.07) is 0. The van der Waals surface area contributed by atoms with Crippen LogP contribution in [0.2, 0.25) is 0 Å². The van der Waals surface area contributed by atoms with Crippen molar-refractivity contribution in [1.29, 1.82) is 0 Å². The number of aliphatic hydroxyl groups is 3. The third-order valence-electron chi connectivity index (χ3n) is 2.93. The van der Waals surface area contributed by atoms with Gasteiger partial charge in [0.15, 0.2) is 6.23 Å². The second-order valence-corrected chi connectivity index (χ2v) is 4.28. The largest absolute Gasteiger partial charge is 0.394 e. The molecular weight excluding hydrogens is 244 g/mol. The van der Waals surface area contributed by atoms with E-state index in [-0.39, 0.29) is 5.95 Å². The Morgan fingerprint density at radius 3 is 2.83 bits per heavy atom. The minimum atomic E-state index is -1.75. The fraction of sp³-hybridized carbons (Fsp3) is 0.667. The quantitative estimate of drug-likeness (QED) is 0.446. The molecule has 1 unspecified atom stereocenters. The van der Waals surface area contributed by atoms with E-state index in [2.05, 4.69) is 9.97 Å². The highest BCUT2D eigenvalue weighted by Crippen LogP contribution is 2.36. The lowest BCUT2D eigenvalue weighted by Gasteiger charge is -2.26. The molecule has 0 radical (unpaired) electrons.